The zero-order valence-corrected chi connectivity index (χ0v) is 16.0. The summed E-state index contributed by atoms with van der Waals surface area (Å²) in [5.74, 6) is -1.49. The van der Waals surface area contributed by atoms with Crippen LogP contribution in [0.25, 0.3) is 10.8 Å². The lowest BCUT2D eigenvalue weighted by Gasteiger charge is -2.15. The SMILES string of the molecule is Cn1nc(C(=O)OCCN2C(=O)c3ccccc3S2(=O)=O)c2ccccc2c1=O. The second-order valence-corrected chi connectivity index (χ2v) is 8.17. The van der Waals surface area contributed by atoms with Gasteiger partial charge in [0.15, 0.2) is 5.69 Å². The predicted molar refractivity (Wildman–Crippen MR) is 102 cm³/mol. The molecule has 0 fully saturated rings. The van der Waals surface area contributed by atoms with Crippen LogP contribution in [0.4, 0.5) is 0 Å². The monoisotopic (exact) mass is 413 g/mol. The van der Waals surface area contributed by atoms with Crippen LogP contribution in [-0.4, -0.2) is 47.5 Å². The fourth-order valence-corrected chi connectivity index (χ4v) is 4.75. The number of carbonyl (C=O) groups excluding carboxylic acids is 2. The van der Waals surface area contributed by atoms with Crippen LogP contribution >= 0.6 is 0 Å². The van der Waals surface area contributed by atoms with E-state index in [4.69, 9.17) is 4.74 Å². The molecule has 0 bridgehead atoms. The molecule has 3 aromatic rings. The molecule has 0 spiro atoms. The molecule has 0 unspecified atom stereocenters. The predicted octanol–water partition coefficient (Wildman–Crippen LogP) is 0.935. The lowest BCUT2D eigenvalue weighted by Crippen LogP contribution is -2.34. The van der Waals surface area contributed by atoms with Crippen LogP contribution in [-0.2, 0) is 21.8 Å². The molecule has 2 aromatic carbocycles. The lowest BCUT2D eigenvalue weighted by molar-refractivity contribution is 0.0471. The van der Waals surface area contributed by atoms with E-state index in [1.807, 2.05) is 0 Å². The number of aromatic nitrogens is 2. The maximum absolute atomic E-state index is 12.5. The van der Waals surface area contributed by atoms with E-state index in [1.54, 1.807) is 30.3 Å². The molecule has 29 heavy (non-hydrogen) atoms. The van der Waals surface area contributed by atoms with Crippen molar-refractivity contribution < 1.29 is 22.7 Å². The molecule has 0 radical (unpaired) electrons. The molecule has 1 amide bonds. The van der Waals surface area contributed by atoms with Gasteiger partial charge >= 0.3 is 5.97 Å². The minimum atomic E-state index is -3.97. The highest BCUT2D eigenvalue weighted by atomic mass is 32.2. The average Bonchev–Trinajstić information content (AvgIpc) is 2.91. The van der Waals surface area contributed by atoms with E-state index in [0.29, 0.717) is 15.1 Å². The zero-order chi connectivity index (χ0) is 20.8. The minimum absolute atomic E-state index is 0.0675. The highest BCUT2D eigenvalue weighted by Crippen LogP contribution is 2.29. The number of sulfonamides is 1. The smallest absolute Gasteiger partial charge is 0.359 e. The molecule has 0 aliphatic carbocycles. The fraction of sp³-hybridized carbons (Fsp3) is 0.158. The molecule has 9 nitrogen and oxygen atoms in total. The van der Waals surface area contributed by atoms with Crippen LogP contribution in [0.5, 0.6) is 0 Å². The van der Waals surface area contributed by atoms with Crippen molar-refractivity contribution in [2.75, 3.05) is 13.2 Å². The summed E-state index contributed by atoms with van der Waals surface area (Å²) in [5, 5.41) is 4.60. The number of hydrogen-bond acceptors (Lipinski definition) is 7. The minimum Gasteiger partial charge on any atom is -0.459 e. The highest BCUT2D eigenvalue weighted by Gasteiger charge is 2.40. The summed E-state index contributed by atoms with van der Waals surface area (Å²) in [6, 6.07) is 12.4. The first-order valence-corrected chi connectivity index (χ1v) is 10.1. The fourth-order valence-electron chi connectivity index (χ4n) is 3.19. The van der Waals surface area contributed by atoms with Crippen LogP contribution in [0.1, 0.15) is 20.8 Å². The maximum atomic E-state index is 12.5. The van der Waals surface area contributed by atoms with Gasteiger partial charge in [-0.2, -0.15) is 5.10 Å². The van der Waals surface area contributed by atoms with E-state index in [2.05, 4.69) is 5.10 Å². The van der Waals surface area contributed by atoms with Crippen molar-refractivity contribution in [2.45, 2.75) is 4.90 Å². The van der Waals surface area contributed by atoms with Crippen molar-refractivity contribution in [1.29, 1.82) is 0 Å². The number of rotatable bonds is 4. The Kier molecular flexibility index (Phi) is 4.42. The second-order valence-electron chi connectivity index (χ2n) is 6.34. The number of amides is 1. The van der Waals surface area contributed by atoms with Gasteiger partial charge < -0.3 is 4.74 Å². The van der Waals surface area contributed by atoms with E-state index in [9.17, 15) is 22.8 Å². The van der Waals surface area contributed by atoms with Crippen molar-refractivity contribution >= 4 is 32.7 Å². The van der Waals surface area contributed by atoms with Gasteiger partial charge in [0, 0.05) is 12.4 Å². The molecule has 148 valence electrons. The Bertz CT molecular complexity index is 1330. The number of benzene rings is 2. The molecule has 1 aliphatic rings. The number of fused-ring (bicyclic) bond motifs is 2. The van der Waals surface area contributed by atoms with Crippen LogP contribution in [0.3, 0.4) is 0 Å². The zero-order valence-electron chi connectivity index (χ0n) is 15.2. The number of esters is 1. The molecule has 0 saturated heterocycles. The van der Waals surface area contributed by atoms with E-state index >= 15 is 0 Å². The first kappa shape index (κ1) is 18.8. The molecule has 0 N–H and O–H groups in total. The Labute approximate surface area is 165 Å². The van der Waals surface area contributed by atoms with E-state index in [1.165, 1.54) is 25.2 Å². The number of ether oxygens (including phenoxy) is 1. The highest BCUT2D eigenvalue weighted by molar-refractivity contribution is 7.90. The summed E-state index contributed by atoms with van der Waals surface area (Å²) >= 11 is 0. The number of hydrogen-bond donors (Lipinski definition) is 0. The van der Waals surface area contributed by atoms with Gasteiger partial charge in [0.05, 0.1) is 17.5 Å². The second kappa shape index (κ2) is 6.82. The van der Waals surface area contributed by atoms with Gasteiger partial charge in [0.2, 0.25) is 0 Å². The van der Waals surface area contributed by atoms with Crippen molar-refractivity contribution in [2.24, 2.45) is 7.05 Å². The van der Waals surface area contributed by atoms with Crippen LogP contribution in [0.15, 0.2) is 58.2 Å². The normalized spacial score (nSPS) is 14.8. The summed E-state index contributed by atoms with van der Waals surface area (Å²) in [4.78, 5) is 37.0. The van der Waals surface area contributed by atoms with E-state index < -0.39 is 21.9 Å². The van der Waals surface area contributed by atoms with Gasteiger partial charge in [-0.05, 0) is 18.2 Å². The lowest BCUT2D eigenvalue weighted by atomic mass is 10.1. The van der Waals surface area contributed by atoms with E-state index in [-0.39, 0.29) is 34.9 Å². The van der Waals surface area contributed by atoms with Crippen LogP contribution in [0, 0.1) is 0 Å². The van der Waals surface area contributed by atoms with Crippen molar-refractivity contribution in [3.63, 3.8) is 0 Å². The van der Waals surface area contributed by atoms with Crippen molar-refractivity contribution in [3.05, 3.63) is 70.1 Å². The average molecular weight is 413 g/mol. The Morgan fingerprint density at radius 1 is 1.03 bits per heavy atom. The number of nitrogens with zero attached hydrogens (tertiary/aromatic N) is 3. The standard InChI is InChI=1S/C19H15N3O6S/c1-21-17(23)13-7-3-2-6-12(13)16(20-21)19(25)28-11-10-22-18(24)14-8-4-5-9-15(14)29(22,26)27/h2-9H,10-11H2,1H3. The number of aryl methyl sites for hydroxylation is 1. The summed E-state index contributed by atoms with van der Waals surface area (Å²) in [7, 11) is -2.56. The molecule has 10 heteroatoms. The summed E-state index contributed by atoms with van der Waals surface area (Å²) in [5.41, 5.74) is -0.338. The molecule has 0 atom stereocenters. The number of carbonyl (C=O) groups is 2. The summed E-state index contributed by atoms with van der Waals surface area (Å²) in [6.45, 7) is -0.679. The van der Waals surface area contributed by atoms with Crippen LogP contribution in [0.2, 0.25) is 0 Å². The van der Waals surface area contributed by atoms with Gasteiger partial charge in [-0.25, -0.2) is 22.2 Å². The Balaban J connectivity index is 1.54. The molecule has 2 heterocycles. The third kappa shape index (κ3) is 2.97. The largest absolute Gasteiger partial charge is 0.459 e. The van der Waals surface area contributed by atoms with Crippen molar-refractivity contribution in [1.82, 2.24) is 14.1 Å². The molecule has 0 saturated carbocycles. The molecule has 4 rings (SSSR count). The van der Waals surface area contributed by atoms with Gasteiger partial charge in [-0.3, -0.25) is 9.59 Å². The van der Waals surface area contributed by atoms with Crippen molar-refractivity contribution in [3.8, 4) is 0 Å². The van der Waals surface area contributed by atoms with E-state index in [0.717, 1.165) is 4.68 Å². The summed E-state index contributed by atoms with van der Waals surface area (Å²) < 4.78 is 31.9. The topological polar surface area (TPSA) is 116 Å². The Morgan fingerprint density at radius 3 is 2.41 bits per heavy atom. The molecule has 1 aliphatic heterocycles. The Morgan fingerprint density at radius 2 is 1.69 bits per heavy atom. The van der Waals surface area contributed by atoms with Crippen LogP contribution < -0.4 is 5.56 Å². The quantitative estimate of drug-likeness (QED) is 0.585. The molecular formula is C19H15N3O6S. The summed E-state index contributed by atoms with van der Waals surface area (Å²) in [6.07, 6.45) is 0. The third-order valence-corrected chi connectivity index (χ3v) is 6.43. The van der Waals surface area contributed by atoms with Gasteiger partial charge in [0.1, 0.15) is 11.5 Å². The van der Waals surface area contributed by atoms with Gasteiger partial charge in [-0.15, -0.1) is 0 Å². The van der Waals surface area contributed by atoms with Gasteiger partial charge in [0.25, 0.3) is 21.5 Å². The third-order valence-electron chi connectivity index (χ3n) is 4.59. The maximum Gasteiger partial charge on any atom is 0.359 e. The first-order chi connectivity index (χ1) is 13.8. The molecule has 1 aromatic heterocycles. The Hall–Kier alpha value is -3.53. The first-order valence-electron chi connectivity index (χ1n) is 8.61. The van der Waals surface area contributed by atoms with Gasteiger partial charge in [-0.1, -0.05) is 30.3 Å². The molecular weight excluding hydrogens is 398 g/mol.